The van der Waals surface area contributed by atoms with Gasteiger partial charge in [-0.15, -0.1) is 0 Å². The monoisotopic (exact) mass is 487 g/mol. The van der Waals surface area contributed by atoms with Gasteiger partial charge in [0.25, 0.3) is 0 Å². The highest BCUT2D eigenvalue weighted by Crippen LogP contribution is 2.35. The van der Waals surface area contributed by atoms with E-state index in [4.69, 9.17) is 13.9 Å². The number of aromatic hydroxyl groups is 1. The van der Waals surface area contributed by atoms with Gasteiger partial charge in [0.2, 0.25) is 5.43 Å². The Balaban J connectivity index is 1.46. The number of ether oxygens (including phenoxy) is 2. The molecule has 0 spiro atoms. The summed E-state index contributed by atoms with van der Waals surface area (Å²) in [6.45, 7) is 5.52. The summed E-state index contributed by atoms with van der Waals surface area (Å²) in [5, 5.41) is 11.2. The van der Waals surface area contributed by atoms with Crippen LogP contribution in [0.3, 0.4) is 0 Å². The Morgan fingerprint density at radius 2 is 1.78 bits per heavy atom. The lowest BCUT2D eigenvalue weighted by atomic mass is 10.00. The van der Waals surface area contributed by atoms with E-state index in [0.717, 1.165) is 32.0 Å². The van der Waals surface area contributed by atoms with Gasteiger partial charge in [0.05, 0.1) is 30.7 Å². The van der Waals surface area contributed by atoms with E-state index in [1.165, 1.54) is 0 Å². The maximum absolute atomic E-state index is 13.6. The first-order valence-electron chi connectivity index (χ1n) is 11.9. The van der Waals surface area contributed by atoms with E-state index < -0.39 is 0 Å². The van der Waals surface area contributed by atoms with Crippen molar-refractivity contribution in [2.45, 2.75) is 13.5 Å². The zero-order valence-electron chi connectivity index (χ0n) is 20.7. The average molecular weight is 488 g/mol. The van der Waals surface area contributed by atoms with E-state index >= 15 is 0 Å². The van der Waals surface area contributed by atoms with Gasteiger partial charge in [-0.1, -0.05) is 12.1 Å². The molecule has 1 saturated heterocycles. The Morgan fingerprint density at radius 1 is 1.00 bits per heavy atom. The third-order valence-electron chi connectivity index (χ3n) is 6.71. The smallest absolute Gasteiger partial charge is 0.200 e. The maximum Gasteiger partial charge on any atom is 0.200 e. The Labute approximate surface area is 209 Å². The first-order chi connectivity index (χ1) is 17.5. The second-order valence-corrected chi connectivity index (χ2v) is 8.82. The highest BCUT2D eigenvalue weighted by molar-refractivity contribution is 5.87. The summed E-state index contributed by atoms with van der Waals surface area (Å²) in [6.07, 6.45) is 1.80. The third-order valence-corrected chi connectivity index (χ3v) is 6.71. The number of aryl methyl sites for hydroxylation is 1. The summed E-state index contributed by atoms with van der Waals surface area (Å²) in [6, 6.07) is 14.5. The first-order valence-corrected chi connectivity index (χ1v) is 11.9. The van der Waals surface area contributed by atoms with Crippen LogP contribution in [0.2, 0.25) is 0 Å². The molecule has 0 saturated carbocycles. The molecule has 0 bridgehead atoms. The molecule has 8 nitrogen and oxygen atoms in total. The number of hydrogen-bond acceptors (Lipinski definition) is 8. The molecule has 0 amide bonds. The zero-order valence-corrected chi connectivity index (χ0v) is 20.7. The number of benzene rings is 2. The van der Waals surface area contributed by atoms with E-state index in [2.05, 4.69) is 14.8 Å². The van der Waals surface area contributed by atoms with E-state index in [-0.39, 0.29) is 11.2 Å². The van der Waals surface area contributed by atoms with Gasteiger partial charge >= 0.3 is 0 Å². The van der Waals surface area contributed by atoms with Crippen molar-refractivity contribution in [3.05, 3.63) is 76.3 Å². The fraction of sp³-hybridized carbons (Fsp3) is 0.286. The van der Waals surface area contributed by atoms with E-state index in [1.807, 2.05) is 24.3 Å². The topological polar surface area (TPSA) is 88.3 Å². The second kappa shape index (κ2) is 9.91. The molecule has 4 aromatic rings. The Bertz CT molecular complexity index is 1440. The van der Waals surface area contributed by atoms with Crippen LogP contribution in [-0.4, -0.2) is 55.4 Å². The first kappa shape index (κ1) is 23.7. The molecule has 36 heavy (non-hydrogen) atoms. The van der Waals surface area contributed by atoms with Crippen LogP contribution in [0, 0.1) is 6.92 Å². The SMILES string of the molecule is COc1ccc(-c2c(C)oc3c(CN4CCN(c5ccccn5)CC4)c(O)ccc3c2=O)cc1OC. The molecular formula is C28H29N3O5. The Hall–Kier alpha value is -4.04. The van der Waals surface area contributed by atoms with Gasteiger partial charge in [0.1, 0.15) is 22.9 Å². The lowest BCUT2D eigenvalue weighted by molar-refractivity contribution is 0.246. The number of anilines is 1. The Morgan fingerprint density at radius 3 is 2.47 bits per heavy atom. The number of phenols is 1. The van der Waals surface area contributed by atoms with Crippen LogP contribution in [-0.2, 0) is 6.54 Å². The third kappa shape index (κ3) is 4.35. The summed E-state index contributed by atoms with van der Waals surface area (Å²) in [5.74, 6) is 2.68. The average Bonchev–Trinajstić information content (AvgIpc) is 2.91. The number of rotatable bonds is 6. The predicted molar refractivity (Wildman–Crippen MR) is 139 cm³/mol. The number of methoxy groups -OCH3 is 2. The van der Waals surface area contributed by atoms with Crippen LogP contribution in [0.25, 0.3) is 22.1 Å². The fourth-order valence-corrected chi connectivity index (χ4v) is 4.79. The van der Waals surface area contributed by atoms with Gasteiger partial charge in [0, 0.05) is 38.9 Å². The number of nitrogens with zero attached hydrogens (tertiary/aromatic N) is 3. The molecule has 3 heterocycles. The van der Waals surface area contributed by atoms with Crippen molar-refractivity contribution in [1.29, 1.82) is 0 Å². The molecule has 1 N–H and O–H groups in total. The molecule has 1 aliphatic rings. The Kier molecular flexibility index (Phi) is 6.52. The van der Waals surface area contributed by atoms with E-state index in [9.17, 15) is 9.90 Å². The summed E-state index contributed by atoms with van der Waals surface area (Å²) < 4.78 is 17.0. The van der Waals surface area contributed by atoms with Crippen molar-refractivity contribution in [2.75, 3.05) is 45.3 Å². The molecule has 0 unspecified atom stereocenters. The van der Waals surface area contributed by atoms with E-state index in [0.29, 0.717) is 51.5 Å². The highest BCUT2D eigenvalue weighted by Gasteiger charge is 2.23. The van der Waals surface area contributed by atoms with Crippen molar-refractivity contribution in [1.82, 2.24) is 9.88 Å². The van der Waals surface area contributed by atoms with Crippen LogP contribution < -0.4 is 19.8 Å². The molecule has 5 rings (SSSR count). The zero-order chi connectivity index (χ0) is 25.2. The molecule has 186 valence electrons. The fourth-order valence-electron chi connectivity index (χ4n) is 4.79. The summed E-state index contributed by atoms with van der Waals surface area (Å²) in [5.41, 5.74) is 2.04. The number of fused-ring (bicyclic) bond motifs is 1. The van der Waals surface area contributed by atoms with Crippen LogP contribution in [0.1, 0.15) is 11.3 Å². The van der Waals surface area contributed by atoms with Crippen LogP contribution >= 0.6 is 0 Å². The molecule has 8 heteroatoms. The number of hydrogen-bond donors (Lipinski definition) is 1. The number of pyridine rings is 1. The maximum atomic E-state index is 13.6. The molecule has 0 aliphatic carbocycles. The summed E-state index contributed by atoms with van der Waals surface area (Å²) >= 11 is 0. The van der Waals surface area contributed by atoms with Crippen molar-refractivity contribution >= 4 is 16.8 Å². The van der Waals surface area contributed by atoms with Gasteiger partial charge in [-0.3, -0.25) is 9.69 Å². The molecule has 2 aromatic heterocycles. The molecular weight excluding hydrogens is 458 g/mol. The summed E-state index contributed by atoms with van der Waals surface area (Å²) in [7, 11) is 3.13. The van der Waals surface area contributed by atoms with Crippen LogP contribution in [0.4, 0.5) is 5.82 Å². The number of piperazine rings is 1. The van der Waals surface area contributed by atoms with Crippen LogP contribution in [0.5, 0.6) is 17.2 Å². The molecule has 1 fully saturated rings. The van der Waals surface area contributed by atoms with Crippen molar-refractivity contribution < 1.29 is 19.0 Å². The van der Waals surface area contributed by atoms with Crippen molar-refractivity contribution in [3.63, 3.8) is 0 Å². The highest BCUT2D eigenvalue weighted by atomic mass is 16.5. The summed E-state index contributed by atoms with van der Waals surface area (Å²) in [4.78, 5) is 22.6. The quantitative estimate of drug-likeness (QED) is 0.433. The van der Waals surface area contributed by atoms with Crippen molar-refractivity contribution in [3.8, 4) is 28.4 Å². The molecule has 1 aliphatic heterocycles. The van der Waals surface area contributed by atoms with Gasteiger partial charge in [-0.25, -0.2) is 4.98 Å². The largest absolute Gasteiger partial charge is 0.507 e. The lowest BCUT2D eigenvalue weighted by Gasteiger charge is -2.35. The number of phenolic OH excluding ortho intramolecular Hbond substituents is 1. The molecule has 2 aromatic carbocycles. The number of aromatic nitrogens is 1. The van der Waals surface area contributed by atoms with E-state index in [1.54, 1.807) is 51.6 Å². The second-order valence-electron chi connectivity index (χ2n) is 8.82. The van der Waals surface area contributed by atoms with Crippen molar-refractivity contribution in [2.24, 2.45) is 0 Å². The minimum Gasteiger partial charge on any atom is -0.507 e. The lowest BCUT2D eigenvalue weighted by Crippen LogP contribution is -2.46. The van der Waals surface area contributed by atoms with Gasteiger partial charge in [-0.2, -0.15) is 0 Å². The normalized spacial score (nSPS) is 14.2. The standard InChI is InChI=1S/C28H29N3O5/c1-18-26(19-7-10-23(34-2)24(16-19)35-3)27(33)20-8-9-22(32)21(28(20)36-18)17-30-12-14-31(15-13-30)25-6-4-5-11-29-25/h4-11,16,32H,12-15,17H2,1-3H3. The minimum atomic E-state index is -0.151. The molecule has 0 radical (unpaired) electrons. The van der Waals surface area contributed by atoms with Gasteiger partial charge < -0.3 is 23.9 Å². The predicted octanol–water partition coefficient (Wildman–Crippen LogP) is 4.21. The minimum absolute atomic E-state index is 0.121. The van der Waals surface area contributed by atoms with Crippen LogP contribution in [0.15, 0.2) is 63.9 Å². The van der Waals surface area contributed by atoms with Gasteiger partial charge in [-0.05, 0) is 48.9 Å². The van der Waals surface area contributed by atoms with Gasteiger partial charge in [0.15, 0.2) is 11.5 Å². The molecule has 0 atom stereocenters.